The normalized spacial score (nSPS) is 18.1. The second-order valence-corrected chi connectivity index (χ2v) is 3.98. The van der Waals surface area contributed by atoms with E-state index in [9.17, 15) is 9.59 Å². The Morgan fingerprint density at radius 1 is 1.42 bits per heavy atom. The highest BCUT2D eigenvalue weighted by atomic mass is 16.6. The number of carbonyl (C=O) groups is 2. The van der Waals surface area contributed by atoms with Gasteiger partial charge in [-0.05, 0) is 12.1 Å². The van der Waals surface area contributed by atoms with Gasteiger partial charge in [0, 0.05) is 6.42 Å². The second-order valence-electron chi connectivity index (χ2n) is 3.98. The van der Waals surface area contributed by atoms with Crippen LogP contribution in [-0.2, 0) is 14.4 Å². The van der Waals surface area contributed by atoms with Crippen LogP contribution in [0.15, 0.2) is 35.4 Å². The molecule has 1 aliphatic heterocycles. The number of nitrogens with one attached hydrogen (secondary N) is 1. The van der Waals surface area contributed by atoms with E-state index in [1.54, 1.807) is 12.1 Å². The maximum atomic E-state index is 11.6. The molecule has 7 nitrogen and oxygen atoms in total. The molecule has 0 bridgehead atoms. The SMILES string of the molecule is CONC(=O)C1=NN(c2ccccc2)[C@@H](C(N)=O)C1. The Labute approximate surface area is 110 Å². The zero-order chi connectivity index (χ0) is 13.8. The smallest absolute Gasteiger partial charge is 0.291 e. The number of hydroxylamine groups is 1. The third kappa shape index (κ3) is 2.71. The van der Waals surface area contributed by atoms with Crippen molar-refractivity contribution in [2.75, 3.05) is 12.1 Å². The molecule has 7 heteroatoms. The molecule has 1 aromatic carbocycles. The monoisotopic (exact) mass is 262 g/mol. The van der Waals surface area contributed by atoms with Gasteiger partial charge in [0.05, 0.1) is 12.8 Å². The van der Waals surface area contributed by atoms with Gasteiger partial charge < -0.3 is 5.73 Å². The minimum atomic E-state index is -0.667. The molecule has 1 aliphatic rings. The van der Waals surface area contributed by atoms with E-state index >= 15 is 0 Å². The van der Waals surface area contributed by atoms with E-state index in [2.05, 4.69) is 15.4 Å². The molecule has 0 unspecified atom stereocenters. The first-order chi connectivity index (χ1) is 9.13. The van der Waals surface area contributed by atoms with Crippen LogP contribution in [0.1, 0.15) is 6.42 Å². The number of hydrazone groups is 1. The van der Waals surface area contributed by atoms with Gasteiger partial charge in [-0.2, -0.15) is 5.10 Å². The van der Waals surface area contributed by atoms with Gasteiger partial charge in [-0.1, -0.05) is 18.2 Å². The van der Waals surface area contributed by atoms with Crippen molar-refractivity contribution in [3.63, 3.8) is 0 Å². The molecule has 100 valence electrons. The molecule has 0 saturated heterocycles. The lowest BCUT2D eigenvalue weighted by atomic mass is 10.1. The number of hydrogen-bond acceptors (Lipinski definition) is 5. The van der Waals surface area contributed by atoms with Crippen LogP contribution in [0.5, 0.6) is 0 Å². The topological polar surface area (TPSA) is 97.0 Å². The van der Waals surface area contributed by atoms with Gasteiger partial charge in [0.1, 0.15) is 11.8 Å². The molecule has 0 spiro atoms. The van der Waals surface area contributed by atoms with Gasteiger partial charge in [-0.25, -0.2) is 5.48 Å². The van der Waals surface area contributed by atoms with Gasteiger partial charge in [0.25, 0.3) is 5.91 Å². The van der Waals surface area contributed by atoms with E-state index in [4.69, 9.17) is 5.73 Å². The maximum absolute atomic E-state index is 11.6. The lowest BCUT2D eigenvalue weighted by molar-refractivity contribution is -0.124. The summed E-state index contributed by atoms with van der Waals surface area (Å²) in [5.74, 6) is -1.01. The largest absolute Gasteiger partial charge is 0.368 e. The number of amides is 2. The summed E-state index contributed by atoms with van der Waals surface area (Å²) in [6, 6.07) is 8.39. The lowest BCUT2D eigenvalue weighted by Crippen LogP contribution is -2.39. The zero-order valence-corrected chi connectivity index (χ0v) is 10.4. The van der Waals surface area contributed by atoms with Crippen molar-refractivity contribution in [3.05, 3.63) is 30.3 Å². The zero-order valence-electron chi connectivity index (χ0n) is 10.4. The number of carbonyl (C=O) groups excluding carboxylic acids is 2. The first-order valence-corrected chi connectivity index (χ1v) is 5.68. The number of nitrogens with two attached hydrogens (primary N) is 1. The van der Waals surface area contributed by atoms with E-state index in [0.717, 1.165) is 0 Å². The highest BCUT2D eigenvalue weighted by Gasteiger charge is 2.34. The molecule has 0 aromatic heterocycles. The molecule has 1 aromatic rings. The molecular weight excluding hydrogens is 248 g/mol. The van der Waals surface area contributed by atoms with Gasteiger partial charge in [0.2, 0.25) is 5.91 Å². The fraction of sp³-hybridized carbons (Fsp3) is 0.250. The third-order valence-electron chi connectivity index (χ3n) is 2.72. The Bertz CT molecular complexity index is 515. The number of hydrogen-bond donors (Lipinski definition) is 2. The highest BCUT2D eigenvalue weighted by Crippen LogP contribution is 2.24. The first kappa shape index (κ1) is 13.0. The summed E-state index contributed by atoms with van der Waals surface area (Å²) in [5.41, 5.74) is 8.42. The van der Waals surface area contributed by atoms with Gasteiger partial charge in [-0.3, -0.25) is 19.4 Å². The minimum absolute atomic E-state index is 0.152. The summed E-state index contributed by atoms with van der Waals surface area (Å²) >= 11 is 0. The van der Waals surface area contributed by atoms with Crippen LogP contribution in [-0.4, -0.2) is 30.7 Å². The van der Waals surface area contributed by atoms with Crippen molar-refractivity contribution >= 4 is 23.2 Å². The minimum Gasteiger partial charge on any atom is -0.368 e. The number of primary amides is 1. The summed E-state index contributed by atoms with van der Waals surface area (Å²) in [4.78, 5) is 27.6. The molecule has 2 amide bonds. The van der Waals surface area contributed by atoms with Crippen LogP contribution < -0.4 is 16.2 Å². The van der Waals surface area contributed by atoms with Crippen LogP contribution in [0, 0.1) is 0 Å². The number of benzene rings is 1. The average molecular weight is 262 g/mol. The number of rotatable bonds is 4. The highest BCUT2D eigenvalue weighted by molar-refractivity contribution is 6.40. The van der Waals surface area contributed by atoms with Gasteiger partial charge in [0.15, 0.2) is 0 Å². The summed E-state index contributed by atoms with van der Waals surface area (Å²) in [6.45, 7) is 0. The molecule has 1 atom stereocenters. The fourth-order valence-electron chi connectivity index (χ4n) is 1.84. The summed E-state index contributed by atoms with van der Waals surface area (Å²) in [6.07, 6.45) is 0.152. The molecular formula is C12H14N4O3. The molecule has 19 heavy (non-hydrogen) atoms. The van der Waals surface area contributed by atoms with Crippen molar-refractivity contribution in [1.82, 2.24) is 5.48 Å². The Kier molecular flexibility index (Phi) is 3.76. The molecule has 0 fully saturated rings. The molecule has 0 radical (unpaired) electrons. The van der Waals surface area contributed by atoms with E-state index in [-0.39, 0.29) is 12.1 Å². The summed E-state index contributed by atoms with van der Waals surface area (Å²) in [5, 5.41) is 5.59. The van der Waals surface area contributed by atoms with E-state index in [1.807, 2.05) is 18.2 Å². The Hall–Kier alpha value is -2.41. The molecule has 3 N–H and O–H groups in total. The lowest BCUT2D eigenvalue weighted by Gasteiger charge is -2.20. The number of nitrogens with zero attached hydrogens (tertiary/aromatic N) is 2. The Morgan fingerprint density at radius 2 is 2.11 bits per heavy atom. The first-order valence-electron chi connectivity index (χ1n) is 5.68. The third-order valence-corrected chi connectivity index (χ3v) is 2.72. The van der Waals surface area contributed by atoms with Crippen molar-refractivity contribution in [3.8, 4) is 0 Å². The molecule has 1 heterocycles. The van der Waals surface area contributed by atoms with E-state index < -0.39 is 17.9 Å². The van der Waals surface area contributed by atoms with E-state index in [0.29, 0.717) is 5.69 Å². The Morgan fingerprint density at radius 3 is 2.68 bits per heavy atom. The Balaban J connectivity index is 2.28. The average Bonchev–Trinajstić information content (AvgIpc) is 2.85. The maximum Gasteiger partial charge on any atom is 0.291 e. The van der Waals surface area contributed by atoms with Crippen molar-refractivity contribution in [1.29, 1.82) is 0 Å². The van der Waals surface area contributed by atoms with Crippen LogP contribution in [0.25, 0.3) is 0 Å². The molecule has 0 saturated carbocycles. The molecule has 2 rings (SSSR count). The standard InChI is InChI=1S/C12H14N4O3/c1-19-15-12(18)9-7-10(11(13)17)16(14-9)8-5-3-2-4-6-8/h2-6,10H,7H2,1H3,(H2,13,17)(H,15,18)/t10-/m1/s1. The van der Waals surface area contributed by atoms with Crippen LogP contribution in [0.3, 0.4) is 0 Å². The van der Waals surface area contributed by atoms with Crippen molar-refractivity contribution in [2.24, 2.45) is 10.8 Å². The van der Waals surface area contributed by atoms with Crippen LogP contribution >= 0.6 is 0 Å². The number of anilines is 1. The summed E-state index contributed by atoms with van der Waals surface area (Å²) in [7, 11) is 1.33. The molecule has 0 aliphatic carbocycles. The predicted molar refractivity (Wildman–Crippen MR) is 69.1 cm³/mol. The predicted octanol–water partition coefficient (Wildman–Crippen LogP) is -0.216. The summed E-state index contributed by atoms with van der Waals surface area (Å²) < 4.78 is 0. The van der Waals surface area contributed by atoms with Crippen LogP contribution in [0.2, 0.25) is 0 Å². The van der Waals surface area contributed by atoms with E-state index in [1.165, 1.54) is 12.1 Å². The van der Waals surface area contributed by atoms with Crippen LogP contribution in [0.4, 0.5) is 5.69 Å². The van der Waals surface area contributed by atoms with Gasteiger partial charge in [-0.15, -0.1) is 0 Å². The number of para-hydroxylation sites is 1. The quantitative estimate of drug-likeness (QED) is 0.733. The fourth-order valence-corrected chi connectivity index (χ4v) is 1.84. The second kappa shape index (κ2) is 5.49. The van der Waals surface area contributed by atoms with Gasteiger partial charge >= 0.3 is 0 Å². The van der Waals surface area contributed by atoms with Crippen molar-refractivity contribution < 1.29 is 14.4 Å². The van der Waals surface area contributed by atoms with Crippen molar-refractivity contribution in [2.45, 2.75) is 12.5 Å².